The molecule has 0 spiro atoms. The molecule has 2 aromatic rings. The van der Waals surface area contributed by atoms with Gasteiger partial charge in [-0.25, -0.2) is 9.78 Å². The van der Waals surface area contributed by atoms with Gasteiger partial charge in [-0.15, -0.1) is 0 Å². The number of pyridine rings is 2. The van der Waals surface area contributed by atoms with Crippen molar-refractivity contribution in [3.05, 3.63) is 40.8 Å². The lowest BCUT2D eigenvalue weighted by atomic mass is 9.99. The average molecular weight is 314 g/mol. The maximum atomic E-state index is 11.5. The summed E-state index contributed by atoms with van der Waals surface area (Å²) in [4.78, 5) is 21.3. The summed E-state index contributed by atoms with van der Waals surface area (Å²) in [5, 5.41) is 9.56. The second kappa shape index (κ2) is 5.62. The van der Waals surface area contributed by atoms with Crippen LogP contribution in [0.15, 0.2) is 24.7 Å². The number of nitrogens with two attached hydrogens (primary N) is 1. The fourth-order valence-corrected chi connectivity index (χ4v) is 2.79. The van der Waals surface area contributed by atoms with Crippen LogP contribution in [0.5, 0.6) is 0 Å². The van der Waals surface area contributed by atoms with E-state index in [0.29, 0.717) is 28.5 Å². The monoisotopic (exact) mass is 313 g/mol. The zero-order valence-corrected chi connectivity index (χ0v) is 12.3. The van der Waals surface area contributed by atoms with Gasteiger partial charge in [-0.3, -0.25) is 9.88 Å². The number of primary amides is 1. The summed E-state index contributed by atoms with van der Waals surface area (Å²) >= 11 is 6.01. The molecule has 0 aliphatic carbocycles. The third-order valence-electron chi connectivity index (χ3n) is 3.61. The fourth-order valence-electron chi connectivity index (χ4n) is 2.59. The van der Waals surface area contributed by atoms with E-state index in [9.17, 15) is 10.1 Å². The van der Waals surface area contributed by atoms with Crippen LogP contribution in [-0.2, 0) is 6.42 Å². The van der Waals surface area contributed by atoms with Gasteiger partial charge in [0.05, 0.1) is 10.6 Å². The Balaban J connectivity index is 2.11. The number of rotatable bonds is 1. The van der Waals surface area contributed by atoms with Crippen molar-refractivity contribution < 1.29 is 4.79 Å². The third kappa shape index (κ3) is 2.36. The van der Waals surface area contributed by atoms with E-state index in [1.807, 2.05) is 6.07 Å². The molecule has 2 N–H and O–H groups in total. The molecule has 1 aliphatic heterocycles. The van der Waals surface area contributed by atoms with Gasteiger partial charge in [-0.05, 0) is 24.5 Å². The van der Waals surface area contributed by atoms with Crippen LogP contribution in [-0.4, -0.2) is 22.5 Å². The fraction of sp³-hybridized carbons (Fsp3) is 0.200. The van der Waals surface area contributed by atoms with Crippen LogP contribution in [0.4, 0.5) is 10.6 Å². The highest BCUT2D eigenvalue weighted by atomic mass is 35.5. The molecule has 0 aromatic carbocycles. The summed E-state index contributed by atoms with van der Waals surface area (Å²) in [6.07, 6.45) is 6.25. The summed E-state index contributed by atoms with van der Waals surface area (Å²) in [6, 6.07) is 3.48. The quantitative estimate of drug-likeness (QED) is 0.874. The van der Waals surface area contributed by atoms with E-state index < -0.39 is 6.03 Å². The molecule has 0 fully saturated rings. The maximum absolute atomic E-state index is 11.5. The second-order valence-corrected chi connectivity index (χ2v) is 5.36. The van der Waals surface area contributed by atoms with Crippen molar-refractivity contribution in [1.29, 1.82) is 5.26 Å². The number of anilines is 1. The van der Waals surface area contributed by atoms with E-state index in [2.05, 4.69) is 16.0 Å². The number of amides is 2. The Morgan fingerprint density at radius 1 is 1.41 bits per heavy atom. The molecule has 2 amide bonds. The molecule has 0 radical (unpaired) electrons. The number of hydrogen-bond acceptors (Lipinski definition) is 4. The van der Waals surface area contributed by atoms with Gasteiger partial charge in [0.1, 0.15) is 11.9 Å². The lowest BCUT2D eigenvalue weighted by molar-refractivity contribution is 0.253. The Kier molecular flexibility index (Phi) is 3.65. The van der Waals surface area contributed by atoms with Gasteiger partial charge >= 0.3 is 6.03 Å². The summed E-state index contributed by atoms with van der Waals surface area (Å²) in [7, 11) is 0. The summed E-state index contributed by atoms with van der Waals surface area (Å²) in [5.41, 5.74) is 8.03. The van der Waals surface area contributed by atoms with Crippen LogP contribution in [0.3, 0.4) is 0 Å². The van der Waals surface area contributed by atoms with E-state index >= 15 is 0 Å². The minimum Gasteiger partial charge on any atom is -0.351 e. The summed E-state index contributed by atoms with van der Waals surface area (Å²) in [5.74, 6) is 0.580. The van der Waals surface area contributed by atoms with Gasteiger partial charge in [-0.1, -0.05) is 11.6 Å². The first-order valence-corrected chi connectivity index (χ1v) is 7.09. The first-order chi connectivity index (χ1) is 10.6. The molecule has 1 aliphatic rings. The van der Waals surface area contributed by atoms with E-state index in [1.54, 1.807) is 12.4 Å². The van der Waals surface area contributed by atoms with Crippen molar-refractivity contribution >= 4 is 23.4 Å². The maximum Gasteiger partial charge on any atom is 0.320 e. The lowest BCUT2D eigenvalue weighted by Gasteiger charge is -2.27. The first-order valence-electron chi connectivity index (χ1n) is 6.71. The average Bonchev–Trinajstić information content (AvgIpc) is 2.53. The minimum absolute atomic E-state index is 0.302. The van der Waals surface area contributed by atoms with Crippen LogP contribution < -0.4 is 10.6 Å². The van der Waals surface area contributed by atoms with Crippen LogP contribution in [0.2, 0.25) is 5.02 Å². The molecule has 0 saturated heterocycles. The highest BCUT2D eigenvalue weighted by molar-refractivity contribution is 6.32. The first kappa shape index (κ1) is 14.3. The van der Waals surface area contributed by atoms with Gasteiger partial charge in [0.2, 0.25) is 0 Å². The van der Waals surface area contributed by atoms with Crippen molar-refractivity contribution in [2.45, 2.75) is 12.8 Å². The standard InChI is InChI=1S/C15H12ClN5O/c16-13-8-19-7-12(11(13)5-17)10-4-9-2-1-3-21(15(18)22)14(9)20-6-10/h4,6-8H,1-3H2,(H2,18,22). The SMILES string of the molecule is N#Cc1c(Cl)cncc1-c1cnc2c(c1)CCCN2C(N)=O. The second-order valence-electron chi connectivity index (χ2n) is 4.96. The molecule has 0 atom stereocenters. The normalized spacial score (nSPS) is 13.4. The zero-order chi connectivity index (χ0) is 15.7. The number of fused-ring (bicyclic) bond motifs is 1. The number of carbonyl (C=O) groups is 1. The van der Waals surface area contributed by atoms with Crippen LogP contribution in [0.25, 0.3) is 11.1 Å². The van der Waals surface area contributed by atoms with E-state index in [-0.39, 0.29) is 0 Å². The predicted molar refractivity (Wildman–Crippen MR) is 82.4 cm³/mol. The van der Waals surface area contributed by atoms with E-state index in [0.717, 1.165) is 24.0 Å². The highest BCUT2D eigenvalue weighted by Gasteiger charge is 2.23. The molecule has 110 valence electrons. The molecule has 0 saturated carbocycles. The van der Waals surface area contributed by atoms with Crippen LogP contribution >= 0.6 is 11.6 Å². The Morgan fingerprint density at radius 3 is 2.95 bits per heavy atom. The van der Waals surface area contributed by atoms with Crippen molar-refractivity contribution in [3.8, 4) is 17.2 Å². The van der Waals surface area contributed by atoms with Crippen LogP contribution in [0.1, 0.15) is 17.5 Å². The molecule has 0 bridgehead atoms. The van der Waals surface area contributed by atoms with Crippen molar-refractivity contribution in [1.82, 2.24) is 9.97 Å². The highest BCUT2D eigenvalue weighted by Crippen LogP contribution is 2.32. The van der Waals surface area contributed by atoms with E-state index in [4.69, 9.17) is 17.3 Å². The number of nitriles is 1. The molecule has 3 heterocycles. The third-order valence-corrected chi connectivity index (χ3v) is 3.90. The number of nitrogens with zero attached hydrogens (tertiary/aromatic N) is 4. The van der Waals surface area contributed by atoms with Crippen molar-refractivity contribution in [2.24, 2.45) is 5.73 Å². The number of hydrogen-bond donors (Lipinski definition) is 1. The zero-order valence-electron chi connectivity index (χ0n) is 11.6. The molecule has 2 aromatic heterocycles. The smallest absolute Gasteiger partial charge is 0.320 e. The molecule has 3 rings (SSSR count). The van der Waals surface area contributed by atoms with Gasteiger partial charge < -0.3 is 5.73 Å². The van der Waals surface area contributed by atoms with Gasteiger partial charge in [0, 0.05) is 36.3 Å². The van der Waals surface area contributed by atoms with Gasteiger partial charge in [0.15, 0.2) is 0 Å². The number of urea groups is 1. The molecule has 0 unspecified atom stereocenters. The molecule has 7 heteroatoms. The summed E-state index contributed by atoms with van der Waals surface area (Å²) < 4.78 is 0. The molecule has 6 nitrogen and oxygen atoms in total. The van der Waals surface area contributed by atoms with Crippen molar-refractivity contribution in [3.63, 3.8) is 0 Å². The van der Waals surface area contributed by atoms with E-state index in [1.165, 1.54) is 11.1 Å². The van der Waals surface area contributed by atoms with Crippen molar-refractivity contribution in [2.75, 3.05) is 11.4 Å². The summed E-state index contributed by atoms with van der Waals surface area (Å²) in [6.45, 7) is 0.566. The minimum atomic E-state index is -0.511. The largest absolute Gasteiger partial charge is 0.351 e. The predicted octanol–water partition coefficient (Wildman–Crippen LogP) is 2.50. The number of carbonyl (C=O) groups excluding carboxylic acids is 1. The molecular weight excluding hydrogens is 302 g/mol. The van der Waals surface area contributed by atoms with Gasteiger partial charge in [-0.2, -0.15) is 5.26 Å². The molecule has 22 heavy (non-hydrogen) atoms. The van der Waals surface area contributed by atoms with Crippen LogP contribution in [0, 0.1) is 11.3 Å². The topological polar surface area (TPSA) is 95.9 Å². The Labute approximate surface area is 132 Å². The number of aryl methyl sites for hydroxylation is 1. The number of halogens is 1. The number of aromatic nitrogens is 2. The molecular formula is C15H12ClN5O. The lowest BCUT2D eigenvalue weighted by Crippen LogP contribution is -2.40. The Bertz CT molecular complexity index is 799. The van der Waals surface area contributed by atoms with Gasteiger partial charge in [0.25, 0.3) is 0 Å². The Morgan fingerprint density at radius 2 is 2.23 bits per heavy atom. The Hall–Kier alpha value is -2.65.